The lowest BCUT2D eigenvalue weighted by Gasteiger charge is -2.43. The Labute approximate surface area is 226 Å². The minimum atomic E-state index is -4.46. The molecule has 2 amide bonds. The number of alkyl halides is 3. The lowest BCUT2D eigenvalue weighted by atomic mass is 9.68. The van der Waals surface area contributed by atoms with E-state index in [4.69, 9.17) is 0 Å². The van der Waals surface area contributed by atoms with Crippen molar-refractivity contribution in [2.75, 3.05) is 13.1 Å². The molecule has 8 heteroatoms. The van der Waals surface area contributed by atoms with Gasteiger partial charge in [-0.15, -0.1) is 0 Å². The number of benzene rings is 2. The van der Waals surface area contributed by atoms with Crippen LogP contribution >= 0.6 is 0 Å². The Morgan fingerprint density at radius 1 is 1.03 bits per heavy atom. The van der Waals surface area contributed by atoms with Gasteiger partial charge in [0.1, 0.15) is 5.83 Å². The Hall–Kier alpha value is -3.42. The van der Waals surface area contributed by atoms with Gasteiger partial charge in [0.15, 0.2) is 0 Å². The van der Waals surface area contributed by atoms with Crippen LogP contribution in [0, 0.1) is 17.3 Å². The first-order valence-corrected chi connectivity index (χ1v) is 13.4. The quantitative estimate of drug-likeness (QED) is 0.381. The fourth-order valence-electron chi connectivity index (χ4n) is 5.52. The first-order valence-electron chi connectivity index (χ1n) is 13.4. The molecule has 39 heavy (non-hydrogen) atoms. The molecular weight excluding hydrogens is 508 g/mol. The van der Waals surface area contributed by atoms with Crippen LogP contribution in [0.4, 0.5) is 17.6 Å². The summed E-state index contributed by atoms with van der Waals surface area (Å²) in [6.45, 7) is 2.71. The molecule has 1 heterocycles. The van der Waals surface area contributed by atoms with E-state index in [0.717, 1.165) is 17.7 Å². The number of hydrogen-bond acceptors (Lipinski definition) is 2. The molecule has 208 valence electrons. The van der Waals surface area contributed by atoms with Crippen molar-refractivity contribution in [3.05, 3.63) is 95.3 Å². The molecule has 1 saturated heterocycles. The third kappa shape index (κ3) is 7.37. The molecule has 2 aromatic carbocycles. The van der Waals surface area contributed by atoms with Crippen LogP contribution in [0.3, 0.4) is 0 Å². The maximum atomic E-state index is 13.8. The van der Waals surface area contributed by atoms with Crippen molar-refractivity contribution in [3.8, 4) is 0 Å². The van der Waals surface area contributed by atoms with E-state index in [1.807, 2.05) is 37.3 Å². The van der Waals surface area contributed by atoms with Gasteiger partial charge in [-0.1, -0.05) is 55.5 Å². The summed E-state index contributed by atoms with van der Waals surface area (Å²) in [4.78, 5) is 28.4. The zero-order valence-electron chi connectivity index (χ0n) is 22.0. The first-order chi connectivity index (χ1) is 18.6. The number of rotatable bonds is 8. The number of allylic oxidation sites excluding steroid dienone is 4. The predicted molar refractivity (Wildman–Crippen MR) is 142 cm³/mol. The Kier molecular flexibility index (Phi) is 8.93. The highest BCUT2D eigenvalue weighted by molar-refractivity contribution is 5.83. The number of nitrogens with one attached hydrogen (secondary N) is 1. The van der Waals surface area contributed by atoms with Gasteiger partial charge in [0.2, 0.25) is 11.8 Å². The molecule has 1 aliphatic heterocycles. The van der Waals surface area contributed by atoms with E-state index in [9.17, 15) is 27.2 Å². The van der Waals surface area contributed by atoms with Gasteiger partial charge in [-0.25, -0.2) is 4.39 Å². The highest BCUT2D eigenvalue weighted by atomic mass is 19.4. The van der Waals surface area contributed by atoms with Gasteiger partial charge >= 0.3 is 6.18 Å². The summed E-state index contributed by atoms with van der Waals surface area (Å²) in [5.74, 6) is -0.682. The molecule has 2 atom stereocenters. The molecule has 0 spiro atoms. The van der Waals surface area contributed by atoms with Crippen molar-refractivity contribution < 1.29 is 27.2 Å². The normalized spacial score (nSPS) is 20.8. The summed E-state index contributed by atoms with van der Waals surface area (Å²) in [5, 5.41) is 2.87. The van der Waals surface area contributed by atoms with Crippen molar-refractivity contribution >= 4 is 11.8 Å². The van der Waals surface area contributed by atoms with Crippen molar-refractivity contribution in [2.24, 2.45) is 17.3 Å². The minimum absolute atomic E-state index is 0.0329. The van der Waals surface area contributed by atoms with Gasteiger partial charge in [-0.05, 0) is 72.9 Å². The van der Waals surface area contributed by atoms with E-state index in [0.29, 0.717) is 50.8 Å². The van der Waals surface area contributed by atoms with E-state index in [1.165, 1.54) is 12.1 Å². The van der Waals surface area contributed by atoms with Crippen LogP contribution in [0.5, 0.6) is 0 Å². The lowest BCUT2D eigenvalue weighted by molar-refractivity contribution is -0.141. The molecule has 2 aliphatic rings. The second kappa shape index (κ2) is 12.2. The first kappa shape index (κ1) is 28.6. The zero-order valence-corrected chi connectivity index (χ0v) is 22.0. The average molecular weight is 543 g/mol. The number of halogens is 4. The third-order valence-corrected chi connectivity index (χ3v) is 7.96. The van der Waals surface area contributed by atoms with E-state index in [1.54, 1.807) is 23.1 Å². The number of hydrogen-bond donors (Lipinski definition) is 1. The Balaban J connectivity index is 1.44. The summed E-state index contributed by atoms with van der Waals surface area (Å²) in [6, 6.07) is 14.7. The van der Waals surface area contributed by atoms with Crippen molar-refractivity contribution in [2.45, 2.75) is 51.7 Å². The van der Waals surface area contributed by atoms with Gasteiger partial charge in [0.25, 0.3) is 0 Å². The van der Waals surface area contributed by atoms with E-state index < -0.39 is 17.2 Å². The van der Waals surface area contributed by atoms with Gasteiger partial charge in [-0.3, -0.25) is 9.59 Å². The van der Waals surface area contributed by atoms with Crippen LogP contribution in [0.2, 0.25) is 0 Å². The molecular formula is C31H34F4N2O2. The predicted octanol–water partition coefficient (Wildman–Crippen LogP) is 6.63. The van der Waals surface area contributed by atoms with Crippen molar-refractivity contribution in [1.82, 2.24) is 10.2 Å². The van der Waals surface area contributed by atoms with Crippen molar-refractivity contribution in [3.63, 3.8) is 0 Å². The second-order valence-corrected chi connectivity index (χ2v) is 10.7. The standard InChI is InChI=1S/C31H34F4N2O2/c1-22-18-27(32)12-11-25(22)20-30(29(39)36-21-24-8-5-9-26(19-24)31(33,34)35)14-16-37(17-15-30)28(38)13-10-23-6-3-2-4-7-23/h2-9,11-12,18-19,22,25H,10,13-17,20-21H2,1H3,(H,36,39). The van der Waals surface area contributed by atoms with Gasteiger partial charge in [0, 0.05) is 26.1 Å². The Bertz CT molecular complexity index is 1210. The Morgan fingerprint density at radius 2 is 1.72 bits per heavy atom. The minimum Gasteiger partial charge on any atom is -0.352 e. The molecule has 0 bridgehead atoms. The largest absolute Gasteiger partial charge is 0.416 e. The number of nitrogens with zero attached hydrogens (tertiary/aromatic N) is 1. The molecule has 4 nitrogen and oxygen atoms in total. The molecule has 1 fully saturated rings. The molecule has 0 saturated carbocycles. The fourth-order valence-corrected chi connectivity index (χ4v) is 5.52. The van der Waals surface area contributed by atoms with Crippen LogP contribution in [0.15, 0.2) is 78.7 Å². The molecule has 4 rings (SSSR count). The number of carbonyl (C=O) groups excluding carboxylic acids is 2. The highest BCUT2D eigenvalue weighted by Gasteiger charge is 2.44. The molecule has 2 aromatic rings. The number of piperidine rings is 1. The van der Waals surface area contributed by atoms with Crippen LogP contribution < -0.4 is 5.32 Å². The third-order valence-electron chi connectivity index (χ3n) is 7.96. The maximum Gasteiger partial charge on any atom is 0.416 e. The fraction of sp³-hybridized carbons (Fsp3) is 0.419. The number of amides is 2. The summed E-state index contributed by atoms with van der Waals surface area (Å²) in [5.41, 5.74) is -0.133. The van der Waals surface area contributed by atoms with Gasteiger partial charge in [-0.2, -0.15) is 13.2 Å². The number of carbonyl (C=O) groups is 2. The second-order valence-electron chi connectivity index (χ2n) is 10.7. The number of likely N-dealkylation sites (tertiary alicyclic amines) is 1. The molecule has 1 aliphatic carbocycles. The molecule has 0 aromatic heterocycles. The van der Waals surface area contributed by atoms with Crippen molar-refractivity contribution in [1.29, 1.82) is 0 Å². The van der Waals surface area contributed by atoms with E-state index in [-0.39, 0.29) is 36.0 Å². The summed E-state index contributed by atoms with van der Waals surface area (Å²) in [7, 11) is 0. The molecule has 2 unspecified atom stereocenters. The summed E-state index contributed by atoms with van der Waals surface area (Å²) in [6.07, 6.45) is 2.64. The molecule has 1 N–H and O–H groups in total. The summed E-state index contributed by atoms with van der Waals surface area (Å²) >= 11 is 0. The monoisotopic (exact) mass is 542 g/mol. The molecule has 0 radical (unpaired) electrons. The van der Waals surface area contributed by atoms with Crippen LogP contribution in [0.1, 0.15) is 49.3 Å². The van der Waals surface area contributed by atoms with Crippen LogP contribution in [-0.2, 0) is 28.7 Å². The van der Waals surface area contributed by atoms with Crippen LogP contribution in [-0.4, -0.2) is 29.8 Å². The maximum absolute atomic E-state index is 13.8. The lowest BCUT2D eigenvalue weighted by Crippen LogP contribution is -2.51. The average Bonchev–Trinajstić information content (AvgIpc) is 2.92. The van der Waals surface area contributed by atoms with E-state index in [2.05, 4.69) is 5.32 Å². The van der Waals surface area contributed by atoms with E-state index >= 15 is 0 Å². The smallest absolute Gasteiger partial charge is 0.352 e. The van der Waals surface area contributed by atoms with Crippen LogP contribution in [0.25, 0.3) is 0 Å². The zero-order chi connectivity index (χ0) is 28.0. The Morgan fingerprint density at radius 3 is 2.38 bits per heavy atom. The van der Waals surface area contributed by atoms with Gasteiger partial charge < -0.3 is 10.2 Å². The summed E-state index contributed by atoms with van der Waals surface area (Å²) < 4.78 is 53.2. The topological polar surface area (TPSA) is 49.4 Å². The van der Waals surface area contributed by atoms with Gasteiger partial charge in [0.05, 0.1) is 11.0 Å². The highest BCUT2D eigenvalue weighted by Crippen LogP contribution is 2.42. The number of aryl methyl sites for hydroxylation is 1. The SMILES string of the molecule is CC1C=C(F)C=CC1CC1(C(=O)NCc2cccc(C(F)(F)F)c2)CCN(C(=O)CCc2ccccc2)CC1.